The highest BCUT2D eigenvalue weighted by atomic mass is 19.3. The highest BCUT2D eigenvalue weighted by Crippen LogP contribution is 2.37. The number of nitrogens with one attached hydrogen (secondary N) is 1. The lowest BCUT2D eigenvalue weighted by Gasteiger charge is -2.38. The van der Waals surface area contributed by atoms with E-state index < -0.39 is 12.2 Å². The van der Waals surface area contributed by atoms with E-state index in [1.54, 1.807) is 30.1 Å². The van der Waals surface area contributed by atoms with Crippen LogP contribution in [0.2, 0.25) is 0 Å². The van der Waals surface area contributed by atoms with Crippen LogP contribution in [0.3, 0.4) is 0 Å². The van der Waals surface area contributed by atoms with Crippen molar-refractivity contribution in [3.8, 4) is 5.75 Å². The SMILES string of the molecule is Cn1cc(C(=O)Nc2ccc(CN3CCCC(C(C)(C)O)C3)c(OC(F)F)c2)c(C2CCC2)n1. The van der Waals surface area contributed by atoms with Gasteiger partial charge < -0.3 is 15.2 Å². The first kappa shape index (κ1) is 24.6. The van der Waals surface area contributed by atoms with E-state index in [9.17, 15) is 18.7 Å². The van der Waals surface area contributed by atoms with Gasteiger partial charge in [0.25, 0.3) is 5.91 Å². The molecule has 1 atom stereocenters. The van der Waals surface area contributed by atoms with Gasteiger partial charge in [0.2, 0.25) is 0 Å². The fourth-order valence-electron chi connectivity index (χ4n) is 4.85. The number of aryl methyl sites for hydroxylation is 1. The Morgan fingerprint density at radius 3 is 2.71 bits per heavy atom. The van der Waals surface area contributed by atoms with Crippen LogP contribution in [0.15, 0.2) is 24.4 Å². The normalized spacial score (nSPS) is 19.8. The number of aliphatic hydroxyl groups is 1. The molecule has 1 aliphatic carbocycles. The van der Waals surface area contributed by atoms with Gasteiger partial charge in [-0.25, -0.2) is 0 Å². The molecule has 186 valence electrons. The second-order valence-corrected chi connectivity index (χ2v) is 10.1. The summed E-state index contributed by atoms with van der Waals surface area (Å²) in [5.74, 6) is 0.140. The molecular weight excluding hydrogens is 442 g/mol. The zero-order chi connectivity index (χ0) is 24.5. The Hall–Kier alpha value is -2.52. The standard InChI is InChI=1S/C25H34F2N4O3/c1-25(2,33)18-8-5-11-31(14-18)13-17-9-10-19(12-21(17)34-24(26)27)28-23(32)20-15-30(3)29-22(20)16-6-4-7-16/h9-10,12,15-16,18,24,33H,4-8,11,13-14H2,1-3H3,(H,28,32). The van der Waals surface area contributed by atoms with Crippen molar-refractivity contribution in [3.63, 3.8) is 0 Å². The number of rotatable bonds is 8. The van der Waals surface area contributed by atoms with Crippen LogP contribution in [0.1, 0.15) is 73.5 Å². The first-order valence-electron chi connectivity index (χ1n) is 12.0. The van der Waals surface area contributed by atoms with E-state index >= 15 is 0 Å². The molecule has 9 heteroatoms. The van der Waals surface area contributed by atoms with Crippen LogP contribution in [0.5, 0.6) is 5.75 Å². The largest absolute Gasteiger partial charge is 0.434 e. The number of carbonyl (C=O) groups excluding carboxylic acids is 1. The summed E-state index contributed by atoms with van der Waals surface area (Å²) in [5, 5.41) is 17.7. The van der Waals surface area contributed by atoms with Crippen molar-refractivity contribution in [2.24, 2.45) is 13.0 Å². The molecule has 1 saturated carbocycles. The summed E-state index contributed by atoms with van der Waals surface area (Å²) in [6.07, 6.45) is 6.73. The topological polar surface area (TPSA) is 79.6 Å². The van der Waals surface area contributed by atoms with E-state index in [0.29, 0.717) is 35.8 Å². The molecule has 7 nitrogen and oxygen atoms in total. The Labute approximate surface area is 199 Å². The molecule has 1 unspecified atom stereocenters. The predicted molar refractivity (Wildman–Crippen MR) is 125 cm³/mol. The van der Waals surface area contributed by atoms with E-state index in [-0.39, 0.29) is 17.6 Å². The average Bonchev–Trinajstić information content (AvgIpc) is 3.09. The number of hydrogen-bond acceptors (Lipinski definition) is 5. The number of amides is 1. The minimum absolute atomic E-state index is 0.0450. The molecule has 0 spiro atoms. The van der Waals surface area contributed by atoms with Gasteiger partial charge in [-0.05, 0) is 58.1 Å². The van der Waals surface area contributed by atoms with Gasteiger partial charge in [-0.1, -0.05) is 12.5 Å². The maximum Gasteiger partial charge on any atom is 0.387 e. The smallest absolute Gasteiger partial charge is 0.387 e. The van der Waals surface area contributed by atoms with Crippen LogP contribution in [-0.2, 0) is 13.6 Å². The van der Waals surface area contributed by atoms with Crippen molar-refractivity contribution >= 4 is 11.6 Å². The number of carbonyl (C=O) groups is 1. The number of piperidine rings is 1. The molecule has 2 aliphatic rings. The summed E-state index contributed by atoms with van der Waals surface area (Å²) in [6.45, 7) is 2.58. The van der Waals surface area contributed by atoms with Crippen LogP contribution in [0.25, 0.3) is 0 Å². The lowest BCUT2D eigenvalue weighted by Crippen LogP contribution is -2.44. The van der Waals surface area contributed by atoms with E-state index in [0.717, 1.165) is 44.3 Å². The van der Waals surface area contributed by atoms with Crippen molar-refractivity contribution < 1.29 is 23.4 Å². The molecule has 1 aromatic heterocycles. The molecule has 1 saturated heterocycles. The number of likely N-dealkylation sites (tertiary alicyclic amines) is 1. The van der Waals surface area contributed by atoms with Crippen molar-refractivity contribution in [1.82, 2.24) is 14.7 Å². The van der Waals surface area contributed by atoms with Crippen LogP contribution >= 0.6 is 0 Å². The molecule has 34 heavy (non-hydrogen) atoms. The lowest BCUT2D eigenvalue weighted by atomic mass is 9.81. The number of benzene rings is 1. The Bertz CT molecular complexity index is 1010. The predicted octanol–water partition coefficient (Wildman–Crippen LogP) is 4.52. The Balaban J connectivity index is 1.50. The van der Waals surface area contributed by atoms with E-state index in [1.165, 1.54) is 6.07 Å². The van der Waals surface area contributed by atoms with Crippen LogP contribution in [-0.4, -0.2) is 51.0 Å². The van der Waals surface area contributed by atoms with Crippen LogP contribution in [0, 0.1) is 5.92 Å². The van der Waals surface area contributed by atoms with E-state index in [1.807, 2.05) is 13.8 Å². The van der Waals surface area contributed by atoms with Gasteiger partial charge >= 0.3 is 6.61 Å². The molecule has 0 bridgehead atoms. The summed E-state index contributed by atoms with van der Waals surface area (Å²) in [6, 6.07) is 4.88. The van der Waals surface area contributed by atoms with Gasteiger partial charge in [-0.15, -0.1) is 0 Å². The minimum Gasteiger partial charge on any atom is -0.434 e. The Morgan fingerprint density at radius 2 is 2.06 bits per heavy atom. The quantitative estimate of drug-likeness (QED) is 0.586. The minimum atomic E-state index is -2.97. The summed E-state index contributed by atoms with van der Waals surface area (Å²) >= 11 is 0. The van der Waals surface area contributed by atoms with Gasteiger partial charge in [0.1, 0.15) is 5.75 Å². The molecule has 1 aromatic carbocycles. The molecule has 0 radical (unpaired) electrons. The second-order valence-electron chi connectivity index (χ2n) is 10.1. The zero-order valence-corrected chi connectivity index (χ0v) is 20.1. The first-order chi connectivity index (χ1) is 16.1. The summed E-state index contributed by atoms with van der Waals surface area (Å²) in [4.78, 5) is 15.1. The molecule has 2 aromatic rings. The molecular formula is C25H34F2N4O3. The number of anilines is 1. The molecule has 1 aliphatic heterocycles. The Kier molecular flexibility index (Phi) is 7.23. The molecule has 2 heterocycles. The van der Waals surface area contributed by atoms with E-state index in [2.05, 4.69) is 15.3 Å². The number of nitrogens with zero attached hydrogens (tertiary/aromatic N) is 3. The lowest BCUT2D eigenvalue weighted by molar-refractivity contribution is -0.0512. The molecule has 4 rings (SSSR count). The van der Waals surface area contributed by atoms with Crippen LogP contribution in [0.4, 0.5) is 14.5 Å². The van der Waals surface area contributed by atoms with Crippen molar-refractivity contribution in [2.75, 3.05) is 18.4 Å². The van der Waals surface area contributed by atoms with Crippen molar-refractivity contribution in [2.45, 2.75) is 70.6 Å². The highest BCUT2D eigenvalue weighted by Gasteiger charge is 2.32. The number of hydrogen-bond donors (Lipinski definition) is 2. The van der Waals surface area contributed by atoms with Crippen molar-refractivity contribution in [1.29, 1.82) is 0 Å². The third-order valence-electron chi connectivity index (χ3n) is 7.03. The number of alkyl halides is 2. The number of halogens is 2. The number of ether oxygens (including phenoxy) is 1. The first-order valence-corrected chi connectivity index (χ1v) is 12.0. The maximum absolute atomic E-state index is 13.2. The second kappa shape index (κ2) is 10.00. The monoisotopic (exact) mass is 476 g/mol. The number of aromatic nitrogens is 2. The average molecular weight is 477 g/mol. The summed E-state index contributed by atoms with van der Waals surface area (Å²) < 4.78 is 32.8. The fourth-order valence-corrected chi connectivity index (χ4v) is 4.85. The third kappa shape index (κ3) is 5.75. The molecule has 1 amide bonds. The summed E-state index contributed by atoms with van der Waals surface area (Å²) in [5.41, 5.74) is 1.52. The van der Waals surface area contributed by atoms with Gasteiger partial charge in [0.05, 0.1) is 16.9 Å². The van der Waals surface area contributed by atoms with E-state index in [4.69, 9.17) is 4.74 Å². The maximum atomic E-state index is 13.2. The van der Waals surface area contributed by atoms with Gasteiger partial charge in [-0.3, -0.25) is 14.4 Å². The zero-order valence-electron chi connectivity index (χ0n) is 20.1. The Morgan fingerprint density at radius 1 is 1.29 bits per heavy atom. The molecule has 2 N–H and O–H groups in total. The fraction of sp³-hybridized carbons (Fsp3) is 0.600. The highest BCUT2D eigenvalue weighted by molar-refractivity contribution is 6.05. The van der Waals surface area contributed by atoms with Crippen LogP contribution < -0.4 is 10.1 Å². The molecule has 2 fully saturated rings. The van der Waals surface area contributed by atoms with Gasteiger partial charge in [-0.2, -0.15) is 13.9 Å². The van der Waals surface area contributed by atoms with Gasteiger partial charge in [0.15, 0.2) is 0 Å². The third-order valence-corrected chi connectivity index (χ3v) is 7.03. The van der Waals surface area contributed by atoms with Gasteiger partial charge in [0, 0.05) is 49.6 Å². The summed E-state index contributed by atoms with van der Waals surface area (Å²) in [7, 11) is 1.78. The van der Waals surface area contributed by atoms with Crippen molar-refractivity contribution in [3.05, 3.63) is 41.2 Å².